The molecule has 0 spiro atoms. The zero-order valence-corrected chi connectivity index (χ0v) is 16.8. The number of quaternary nitrogens is 1. The minimum Gasteiger partial charge on any atom is -0.208 e. The Labute approximate surface area is 174 Å². The molecule has 162 valence electrons. The molecule has 1 atom stereocenters. The number of alkyl halides is 6. The Kier molecular flexibility index (Phi) is 4.66. The van der Waals surface area contributed by atoms with Gasteiger partial charge in [0.15, 0.2) is 5.70 Å². The van der Waals surface area contributed by atoms with Crippen LogP contribution in [0.1, 0.15) is 29.2 Å². The molecule has 0 aliphatic carbocycles. The summed E-state index contributed by atoms with van der Waals surface area (Å²) in [5.41, 5.74) is -1.39. The lowest BCUT2D eigenvalue weighted by Crippen LogP contribution is -3.13. The lowest BCUT2D eigenvalue weighted by atomic mass is 9.97. The topological polar surface area (TPSA) is 29.2 Å². The maximum atomic E-state index is 13.9. The van der Waals surface area contributed by atoms with Crippen LogP contribution in [-0.2, 0) is 0 Å². The zero-order valence-electron chi connectivity index (χ0n) is 16.8. The molecule has 2 heterocycles. The highest BCUT2D eigenvalue weighted by Crippen LogP contribution is 2.49. The summed E-state index contributed by atoms with van der Waals surface area (Å²) in [7, 11) is 0. The van der Waals surface area contributed by atoms with Gasteiger partial charge in [-0.2, -0.15) is 31.3 Å². The summed E-state index contributed by atoms with van der Waals surface area (Å²) in [6.45, 7) is 4.83. The molecular formula is C22H18F6N3+. The normalized spacial score (nSPS) is 20.6. The van der Waals surface area contributed by atoms with Gasteiger partial charge in [-0.3, -0.25) is 0 Å². The third-order valence-corrected chi connectivity index (χ3v) is 5.47. The molecule has 0 saturated carbocycles. The number of aliphatic imine (C=N–C) groups is 2. The van der Waals surface area contributed by atoms with Gasteiger partial charge in [0.05, 0.1) is 0 Å². The number of hydrogen-bond donors (Lipinski definition) is 1. The number of benzene rings is 2. The van der Waals surface area contributed by atoms with Gasteiger partial charge < -0.3 is 0 Å². The van der Waals surface area contributed by atoms with Gasteiger partial charge in [-0.15, -0.1) is 0 Å². The van der Waals surface area contributed by atoms with Crippen LogP contribution in [0.2, 0.25) is 0 Å². The monoisotopic (exact) mass is 438 g/mol. The van der Waals surface area contributed by atoms with Crippen molar-refractivity contribution in [1.82, 2.24) is 0 Å². The minimum atomic E-state index is -5.70. The molecule has 0 aromatic heterocycles. The van der Waals surface area contributed by atoms with Crippen LogP contribution < -0.4 is 4.90 Å². The quantitative estimate of drug-likeness (QED) is 0.658. The van der Waals surface area contributed by atoms with Gasteiger partial charge in [-0.1, -0.05) is 47.5 Å². The van der Waals surface area contributed by atoms with E-state index in [1.54, 1.807) is 48.5 Å². The fraction of sp³-hybridized carbons (Fsp3) is 0.273. The molecule has 3 nitrogen and oxygen atoms in total. The summed E-state index contributed by atoms with van der Waals surface area (Å²) in [5, 5.41) is 0. The summed E-state index contributed by atoms with van der Waals surface area (Å²) in [4.78, 5) is 6.91. The van der Waals surface area contributed by atoms with E-state index in [0.29, 0.717) is 11.1 Å². The van der Waals surface area contributed by atoms with Gasteiger partial charge in [0.2, 0.25) is 5.84 Å². The molecule has 0 amide bonds. The first-order valence-electron chi connectivity index (χ1n) is 9.42. The second-order valence-corrected chi connectivity index (χ2v) is 7.69. The van der Waals surface area contributed by atoms with Crippen molar-refractivity contribution in [2.75, 3.05) is 0 Å². The Morgan fingerprint density at radius 2 is 1.16 bits per heavy atom. The van der Waals surface area contributed by atoms with Gasteiger partial charge in [-0.05, 0) is 26.0 Å². The molecule has 2 aliphatic rings. The van der Waals surface area contributed by atoms with Crippen molar-refractivity contribution in [3.63, 3.8) is 0 Å². The molecular weight excluding hydrogens is 420 g/mol. The fourth-order valence-corrected chi connectivity index (χ4v) is 3.91. The predicted octanol–water partition coefficient (Wildman–Crippen LogP) is 4.72. The van der Waals surface area contributed by atoms with Crippen LogP contribution in [0, 0.1) is 13.8 Å². The second-order valence-electron chi connectivity index (χ2n) is 7.69. The van der Waals surface area contributed by atoms with Gasteiger partial charge in [0.25, 0.3) is 5.84 Å². The van der Waals surface area contributed by atoms with Crippen LogP contribution in [0.4, 0.5) is 26.3 Å². The SMILES string of the molecule is CC1=NC(C(F)(F)F)(C(F)(F)F)C2=NC(c3ccc(C)cc3)=C(c3ccc(C)cc3)[NH+]12. The molecule has 9 heteroatoms. The molecule has 0 radical (unpaired) electrons. The van der Waals surface area contributed by atoms with Gasteiger partial charge >= 0.3 is 17.9 Å². The van der Waals surface area contributed by atoms with Crippen molar-refractivity contribution >= 4 is 23.1 Å². The Balaban J connectivity index is 2.01. The van der Waals surface area contributed by atoms with Crippen molar-refractivity contribution in [1.29, 1.82) is 0 Å². The number of nitrogens with one attached hydrogen (secondary N) is 1. The number of rotatable bonds is 2. The van der Waals surface area contributed by atoms with Crippen molar-refractivity contribution in [2.45, 2.75) is 38.7 Å². The Morgan fingerprint density at radius 1 is 0.710 bits per heavy atom. The highest BCUT2D eigenvalue weighted by molar-refractivity contribution is 6.12. The second kappa shape index (κ2) is 6.78. The third kappa shape index (κ3) is 3.10. The lowest BCUT2D eigenvalue weighted by molar-refractivity contribution is -0.608. The molecule has 2 aromatic rings. The Hall–Kier alpha value is -2.94. The highest BCUT2D eigenvalue weighted by Gasteiger charge is 2.82. The maximum absolute atomic E-state index is 13.9. The van der Waals surface area contributed by atoms with Crippen molar-refractivity contribution in [2.24, 2.45) is 9.98 Å². The molecule has 2 aromatic carbocycles. The predicted molar refractivity (Wildman–Crippen MR) is 106 cm³/mol. The minimum absolute atomic E-state index is 0.0704. The van der Waals surface area contributed by atoms with Crippen LogP contribution >= 0.6 is 0 Å². The van der Waals surface area contributed by atoms with Crippen LogP contribution in [0.25, 0.3) is 11.4 Å². The fourth-order valence-electron chi connectivity index (χ4n) is 3.91. The molecule has 1 N–H and O–H groups in total. The van der Waals surface area contributed by atoms with Gasteiger partial charge in [-0.25, -0.2) is 9.89 Å². The molecule has 0 fully saturated rings. The summed E-state index contributed by atoms with van der Waals surface area (Å²) < 4.78 is 83.7. The number of nitrogens with zero attached hydrogens (tertiary/aromatic N) is 2. The molecule has 2 aliphatic heterocycles. The highest BCUT2D eigenvalue weighted by atomic mass is 19.4. The van der Waals surface area contributed by atoms with Crippen LogP contribution in [0.15, 0.2) is 58.5 Å². The van der Waals surface area contributed by atoms with E-state index < -0.39 is 23.7 Å². The van der Waals surface area contributed by atoms with Gasteiger partial charge in [0, 0.05) is 18.1 Å². The summed E-state index contributed by atoms with van der Waals surface area (Å²) >= 11 is 0. The van der Waals surface area contributed by atoms with Gasteiger partial charge in [0.1, 0.15) is 5.70 Å². The Bertz CT molecular complexity index is 1110. The van der Waals surface area contributed by atoms with E-state index >= 15 is 0 Å². The maximum Gasteiger partial charge on any atom is 0.434 e. The summed E-state index contributed by atoms with van der Waals surface area (Å²) in [5.74, 6) is -1.46. The smallest absolute Gasteiger partial charge is 0.208 e. The molecule has 0 saturated heterocycles. The van der Waals surface area contributed by atoms with Crippen LogP contribution in [0.5, 0.6) is 0 Å². The summed E-state index contributed by atoms with van der Waals surface area (Å²) in [6.07, 6.45) is -11.4. The number of fused-ring (bicyclic) bond motifs is 1. The lowest BCUT2D eigenvalue weighted by Gasteiger charge is -2.28. The van der Waals surface area contributed by atoms with Crippen LogP contribution in [0.3, 0.4) is 0 Å². The molecule has 0 bridgehead atoms. The Morgan fingerprint density at radius 3 is 1.61 bits per heavy atom. The molecule has 31 heavy (non-hydrogen) atoms. The van der Waals surface area contributed by atoms with E-state index in [9.17, 15) is 26.3 Å². The standard InChI is InChI=1S/C22H17F6N3/c1-12-4-8-15(9-5-12)17-18(16-10-6-13(2)7-11-16)31-14(3)30-20(19(31)29-17,21(23,24)25)22(26,27)28/h4-11H,1-3H3/p+1. The van der Waals surface area contributed by atoms with E-state index in [1.165, 1.54) is 0 Å². The van der Waals surface area contributed by atoms with E-state index in [4.69, 9.17) is 0 Å². The van der Waals surface area contributed by atoms with E-state index in [1.807, 2.05) is 13.8 Å². The number of halogens is 6. The first-order valence-corrected chi connectivity index (χ1v) is 9.42. The van der Waals surface area contributed by atoms with E-state index in [0.717, 1.165) is 18.1 Å². The van der Waals surface area contributed by atoms with Crippen molar-refractivity contribution in [3.05, 3.63) is 70.8 Å². The average molecular weight is 438 g/mol. The first-order chi connectivity index (χ1) is 14.4. The largest absolute Gasteiger partial charge is 0.434 e. The van der Waals surface area contributed by atoms with E-state index in [2.05, 4.69) is 9.98 Å². The zero-order chi connectivity index (χ0) is 22.8. The van der Waals surface area contributed by atoms with E-state index in [-0.39, 0.29) is 22.1 Å². The number of amidine groups is 2. The molecule has 1 unspecified atom stereocenters. The van der Waals surface area contributed by atoms with Crippen LogP contribution in [-0.4, -0.2) is 29.6 Å². The third-order valence-electron chi connectivity index (χ3n) is 5.47. The number of aryl methyl sites for hydroxylation is 2. The molecule has 4 rings (SSSR count). The summed E-state index contributed by atoms with van der Waals surface area (Å²) in [6, 6.07) is 13.6. The first kappa shape index (κ1) is 21.3. The van der Waals surface area contributed by atoms with Crippen molar-refractivity contribution in [3.8, 4) is 0 Å². The number of hydrogen-bond acceptors (Lipinski definition) is 2. The average Bonchev–Trinajstić information content (AvgIpc) is 3.19. The van der Waals surface area contributed by atoms with Crippen molar-refractivity contribution < 1.29 is 31.2 Å².